The van der Waals surface area contributed by atoms with Crippen molar-refractivity contribution in [3.63, 3.8) is 0 Å². The first-order valence-corrected chi connectivity index (χ1v) is 16.5. The predicted molar refractivity (Wildman–Crippen MR) is 200 cm³/mol. The van der Waals surface area contributed by atoms with Gasteiger partial charge in [0, 0.05) is 33.3 Å². The summed E-state index contributed by atoms with van der Waals surface area (Å²) in [5.74, 6) is 0.520. The van der Waals surface area contributed by atoms with Gasteiger partial charge in [0.25, 0.3) is 0 Å². The number of hydrogen-bond acceptors (Lipinski definition) is 4. The molecule has 48 heavy (non-hydrogen) atoms. The molecule has 0 saturated heterocycles. The molecule has 8 rings (SSSR count). The highest BCUT2D eigenvalue weighted by molar-refractivity contribution is 9.10. The van der Waals surface area contributed by atoms with E-state index in [1.807, 2.05) is 78.9 Å². The molecule has 0 spiro atoms. The standard InChI is InChI=1S/C43H29BrO4/c1-25(45)48-36-24-35-39(43(47-2)37(36)32-21-9-15-26-12-3-6-18-29(26)32)38(33-22-10-16-27-13-4-7-19-30(27)33)42(46)40(41(35)44)34-23-11-17-28-14-5-8-20-31(28)34/h3-24,46H,1-2H3. The number of benzene rings is 8. The minimum absolute atomic E-state index is 0.115. The molecule has 0 amide bonds. The molecule has 0 aliphatic rings. The third kappa shape index (κ3) is 4.70. The Morgan fingerprint density at radius 1 is 0.583 bits per heavy atom. The maximum absolute atomic E-state index is 12.7. The van der Waals surface area contributed by atoms with Crippen molar-refractivity contribution in [1.29, 1.82) is 0 Å². The lowest BCUT2D eigenvalue weighted by atomic mass is 9.85. The van der Waals surface area contributed by atoms with Gasteiger partial charge >= 0.3 is 5.97 Å². The van der Waals surface area contributed by atoms with Crippen LogP contribution in [0.15, 0.2) is 138 Å². The van der Waals surface area contributed by atoms with Crippen molar-refractivity contribution in [2.75, 3.05) is 7.11 Å². The highest BCUT2D eigenvalue weighted by atomic mass is 79.9. The van der Waals surface area contributed by atoms with E-state index >= 15 is 0 Å². The van der Waals surface area contributed by atoms with E-state index < -0.39 is 5.97 Å². The molecule has 0 heterocycles. The van der Waals surface area contributed by atoms with Crippen LogP contribution in [-0.2, 0) is 4.79 Å². The molecule has 5 heteroatoms. The van der Waals surface area contributed by atoms with Crippen molar-refractivity contribution < 1.29 is 19.4 Å². The van der Waals surface area contributed by atoms with Crippen molar-refractivity contribution in [2.45, 2.75) is 6.92 Å². The van der Waals surface area contributed by atoms with Gasteiger partial charge in [-0.25, -0.2) is 0 Å². The number of carbonyl (C=O) groups excluding carboxylic acids is 1. The fourth-order valence-electron chi connectivity index (χ4n) is 7.07. The molecular formula is C43H29BrO4. The smallest absolute Gasteiger partial charge is 0.308 e. The number of hydrogen-bond donors (Lipinski definition) is 1. The minimum Gasteiger partial charge on any atom is -0.507 e. The summed E-state index contributed by atoms with van der Waals surface area (Å²) in [6.45, 7) is 1.40. The van der Waals surface area contributed by atoms with Crippen molar-refractivity contribution >= 4 is 65.0 Å². The number of halogens is 1. The van der Waals surface area contributed by atoms with Crippen LogP contribution in [0.5, 0.6) is 17.2 Å². The quantitative estimate of drug-likeness (QED) is 0.144. The summed E-state index contributed by atoms with van der Waals surface area (Å²) in [5.41, 5.74) is 4.46. The van der Waals surface area contributed by atoms with Gasteiger partial charge in [0.2, 0.25) is 0 Å². The van der Waals surface area contributed by atoms with Crippen molar-refractivity contribution in [2.24, 2.45) is 0 Å². The normalized spacial score (nSPS) is 11.4. The Kier molecular flexibility index (Phi) is 7.34. The summed E-state index contributed by atoms with van der Waals surface area (Å²) in [4.78, 5) is 12.7. The third-order valence-corrected chi connectivity index (χ3v) is 9.88. The van der Waals surface area contributed by atoms with E-state index in [1.54, 1.807) is 7.11 Å². The molecule has 0 radical (unpaired) electrons. The zero-order chi connectivity index (χ0) is 32.9. The summed E-state index contributed by atoms with van der Waals surface area (Å²) in [5, 5.41) is 20.2. The van der Waals surface area contributed by atoms with Gasteiger partial charge in [0.1, 0.15) is 17.2 Å². The fourth-order valence-corrected chi connectivity index (χ4v) is 7.78. The molecule has 0 bridgehead atoms. The van der Waals surface area contributed by atoms with Crippen LogP contribution in [0.25, 0.3) is 76.5 Å². The fraction of sp³-hybridized carbons (Fsp3) is 0.0465. The van der Waals surface area contributed by atoms with Gasteiger partial charge in [-0.3, -0.25) is 4.79 Å². The molecule has 0 saturated carbocycles. The second-order valence-electron chi connectivity index (χ2n) is 11.8. The Bertz CT molecular complexity index is 2570. The molecule has 0 atom stereocenters. The van der Waals surface area contributed by atoms with Gasteiger partial charge in [-0.2, -0.15) is 0 Å². The number of ether oxygens (including phenoxy) is 2. The lowest BCUT2D eigenvalue weighted by molar-refractivity contribution is -0.131. The van der Waals surface area contributed by atoms with Crippen LogP contribution in [0.1, 0.15) is 6.92 Å². The zero-order valence-corrected chi connectivity index (χ0v) is 27.8. The van der Waals surface area contributed by atoms with Crippen LogP contribution in [0.2, 0.25) is 0 Å². The predicted octanol–water partition coefficient (Wildman–Crippen LogP) is 11.7. The highest BCUT2D eigenvalue weighted by Gasteiger charge is 2.29. The Morgan fingerprint density at radius 3 is 1.50 bits per heavy atom. The van der Waals surface area contributed by atoms with Crippen molar-refractivity contribution in [3.8, 4) is 50.6 Å². The first-order chi connectivity index (χ1) is 23.5. The van der Waals surface area contributed by atoms with Crippen LogP contribution in [0.3, 0.4) is 0 Å². The largest absolute Gasteiger partial charge is 0.507 e. The highest BCUT2D eigenvalue weighted by Crippen LogP contribution is 2.57. The van der Waals surface area contributed by atoms with E-state index in [0.29, 0.717) is 38.0 Å². The minimum atomic E-state index is -0.448. The van der Waals surface area contributed by atoms with Gasteiger partial charge in [0.15, 0.2) is 0 Å². The molecule has 8 aromatic rings. The van der Waals surface area contributed by atoms with Crippen LogP contribution < -0.4 is 9.47 Å². The monoisotopic (exact) mass is 688 g/mol. The van der Waals surface area contributed by atoms with Crippen molar-refractivity contribution in [3.05, 3.63) is 138 Å². The molecule has 0 aromatic heterocycles. The first-order valence-electron chi connectivity index (χ1n) is 15.7. The SMILES string of the molecule is COc1c(-c2cccc3ccccc23)c(OC(C)=O)cc2c(Br)c(-c3cccc4ccccc34)c(O)c(-c3cccc4ccccc34)c12. The Labute approximate surface area is 285 Å². The van der Waals surface area contributed by atoms with E-state index in [2.05, 4.69) is 70.5 Å². The summed E-state index contributed by atoms with van der Waals surface area (Å²) >= 11 is 3.94. The maximum Gasteiger partial charge on any atom is 0.308 e. The molecule has 232 valence electrons. The summed E-state index contributed by atoms with van der Waals surface area (Å²) in [6.07, 6.45) is 0. The number of phenols is 1. The molecule has 4 nitrogen and oxygen atoms in total. The summed E-state index contributed by atoms with van der Waals surface area (Å²) in [6, 6.07) is 44.5. The molecule has 0 fully saturated rings. The first kappa shape index (κ1) is 29.7. The molecule has 1 N–H and O–H groups in total. The van der Waals surface area contributed by atoms with Gasteiger partial charge in [-0.05, 0) is 71.0 Å². The summed E-state index contributed by atoms with van der Waals surface area (Å²) < 4.78 is 13.0. The molecule has 0 aliphatic heterocycles. The molecular weight excluding hydrogens is 660 g/mol. The van der Waals surface area contributed by atoms with Gasteiger partial charge in [-0.15, -0.1) is 0 Å². The average molecular weight is 690 g/mol. The van der Waals surface area contributed by atoms with Gasteiger partial charge in [0.05, 0.1) is 12.7 Å². The number of phenolic OH excluding ortho intramolecular Hbond substituents is 1. The Hall–Kier alpha value is -5.65. The number of aromatic hydroxyl groups is 1. The topological polar surface area (TPSA) is 55.8 Å². The molecule has 0 unspecified atom stereocenters. The number of carbonyl (C=O) groups is 1. The third-order valence-electron chi connectivity index (χ3n) is 9.06. The Morgan fingerprint density at radius 2 is 1.02 bits per heavy atom. The second kappa shape index (κ2) is 11.9. The lowest BCUT2D eigenvalue weighted by Gasteiger charge is -2.24. The average Bonchev–Trinajstić information content (AvgIpc) is 3.11. The Balaban J connectivity index is 1.61. The maximum atomic E-state index is 12.7. The summed E-state index contributed by atoms with van der Waals surface area (Å²) in [7, 11) is 1.62. The van der Waals surface area contributed by atoms with Crippen LogP contribution in [0.4, 0.5) is 0 Å². The second-order valence-corrected chi connectivity index (χ2v) is 12.6. The van der Waals surface area contributed by atoms with Crippen LogP contribution in [0, 0.1) is 0 Å². The van der Waals surface area contributed by atoms with E-state index in [9.17, 15) is 9.90 Å². The van der Waals surface area contributed by atoms with Gasteiger partial charge in [-0.1, -0.05) is 127 Å². The van der Waals surface area contributed by atoms with Crippen molar-refractivity contribution in [1.82, 2.24) is 0 Å². The molecule has 0 aliphatic carbocycles. The van der Waals surface area contributed by atoms with E-state index in [0.717, 1.165) is 54.4 Å². The zero-order valence-electron chi connectivity index (χ0n) is 26.3. The molecule has 8 aromatic carbocycles. The van der Waals surface area contributed by atoms with E-state index in [1.165, 1.54) is 6.92 Å². The van der Waals surface area contributed by atoms with E-state index in [-0.39, 0.29) is 5.75 Å². The number of methoxy groups -OCH3 is 1. The number of esters is 1. The van der Waals surface area contributed by atoms with Gasteiger partial charge < -0.3 is 14.6 Å². The van der Waals surface area contributed by atoms with Crippen LogP contribution in [-0.4, -0.2) is 18.2 Å². The lowest BCUT2D eigenvalue weighted by Crippen LogP contribution is -2.05. The number of rotatable bonds is 5. The van der Waals surface area contributed by atoms with E-state index in [4.69, 9.17) is 9.47 Å². The van der Waals surface area contributed by atoms with Crippen LogP contribution >= 0.6 is 15.9 Å². The number of fused-ring (bicyclic) bond motifs is 4.